The van der Waals surface area contributed by atoms with Crippen LogP contribution in [0.5, 0.6) is 0 Å². The third kappa shape index (κ3) is 8.88. The molecule has 0 unspecified atom stereocenters. The predicted molar refractivity (Wildman–Crippen MR) is 76.2 cm³/mol. The molecule has 2 heteroatoms. The molecule has 0 spiro atoms. The van der Waals surface area contributed by atoms with E-state index < -0.39 is 12.3 Å². The zero-order chi connectivity index (χ0) is 13.8. The molecule has 0 heterocycles. The molecule has 0 aromatic heterocycles. The van der Waals surface area contributed by atoms with E-state index in [0.29, 0.717) is 0 Å². The monoisotopic (exact) mass is 262 g/mol. The van der Waals surface area contributed by atoms with Crippen LogP contribution in [0.4, 0.5) is 8.78 Å². The number of unbranched alkanes of at least 4 members (excludes halogenated alkanes) is 6. The summed E-state index contributed by atoms with van der Waals surface area (Å²) >= 11 is 0. The molecule has 0 N–H and O–H groups in total. The van der Waals surface area contributed by atoms with Gasteiger partial charge in [-0.3, -0.25) is 0 Å². The van der Waals surface area contributed by atoms with Gasteiger partial charge in [-0.05, 0) is 18.8 Å². The van der Waals surface area contributed by atoms with Crippen LogP contribution in [0.3, 0.4) is 0 Å². The lowest BCUT2D eigenvalue weighted by molar-refractivity contribution is 0.0466. The summed E-state index contributed by atoms with van der Waals surface area (Å²) in [5, 5.41) is 0. The van der Waals surface area contributed by atoms with Crippen molar-refractivity contribution in [2.24, 2.45) is 11.8 Å². The summed E-state index contributed by atoms with van der Waals surface area (Å²) in [7, 11) is 0. The van der Waals surface area contributed by atoms with E-state index >= 15 is 0 Å². The van der Waals surface area contributed by atoms with Gasteiger partial charge < -0.3 is 0 Å². The van der Waals surface area contributed by atoms with Crippen molar-refractivity contribution in [2.75, 3.05) is 0 Å². The number of rotatable bonds is 12. The average Bonchev–Trinajstić information content (AvgIpc) is 2.36. The molecule has 1 atom stereocenters. The van der Waals surface area contributed by atoms with Crippen LogP contribution in [-0.2, 0) is 0 Å². The van der Waals surface area contributed by atoms with E-state index in [-0.39, 0.29) is 5.92 Å². The highest BCUT2D eigenvalue weighted by atomic mass is 19.3. The second kappa shape index (κ2) is 11.9. The Morgan fingerprint density at radius 1 is 0.722 bits per heavy atom. The van der Waals surface area contributed by atoms with Crippen molar-refractivity contribution in [3.05, 3.63) is 0 Å². The minimum Gasteiger partial charge on any atom is -0.210 e. The van der Waals surface area contributed by atoms with Crippen LogP contribution in [-0.4, -0.2) is 6.43 Å². The van der Waals surface area contributed by atoms with E-state index in [2.05, 4.69) is 13.8 Å². The number of alkyl halides is 2. The molecule has 0 aromatic rings. The van der Waals surface area contributed by atoms with Crippen molar-refractivity contribution < 1.29 is 8.78 Å². The van der Waals surface area contributed by atoms with E-state index in [9.17, 15) is 8.78 Å². The van der Waals surface area contributed by atoms with Gasteiger partial charge in [0.2, 0.25) is 6.43 Å². The molecule has 0 rings (SSSR count). The number of hydrogen-bond acceptors (Lipinski definition) is 0. The summed E-state index contributed by atoms with van der Waals surface area (Å²) in [5.41, 5.74) is 0. The average molecular weight is 262 g/mol. The molecule has 0 aliphatic carbocycles. The zero-order valence-corrected chi connectivity index (χ0v) is 12.6. The molecule has 0 aliphatic rings. The minimum absolute atomic E-state index is 0.235. The van der Waals surface area contributed by atoms with Gasteiger partial charge in [-0.1, -0.05) is 72.1 Å². The minimum atomic E-state index is -2.15. The Balaban J connectivity index is 3.92. The van der Waals surface area contributed by atoms with Gasteiger partial charge in [0, 0.05) is 5.92 Å². The first-order chi connectivity index (χ1) is 8.63. The molecular weight excluding hydrogens is 230 g/mol. The summed E-state index contributed by atoms with van der Waals surface area (Å²) in [6.07, 6.45) is 9.43. The fourth-order valence-electron chi connectivity index (χ4n) is 2.54. The summed E-state index contributed by atoms with van der Waals surface area (Å²) in [6.45, 7) is 6.10. The Kier molecular flexibility index (Phi) is 11.8. The highest BCUT2D eigenvalue weighted by Crippen LogP contribution is 2.29. The summed E-state index contributed by atoms with van der Waals surface area (Å²) in [5.74, 6) is -0.188. The van der Waals surface area contributed by atoms with Crippen molar-refractivity contribution in [2.45, 2.75) is 91.4 Å². The Bertz CT molecular complexity index is 156. The number of hydrogen-bond donors (Lipinski definition) is 0. The van der Waals surface area contributed by atoms with Crippen molar-refractivity contribution >= 4 is 0 Å². The van der Waals surface area contributed by atoms with E-state index in [1.165, 1.54) is 38.5 Å². The lowest BCUT2D eigenvalue weighted by Crippen LogP contribution is -2.19. The molecule has 0 saturated carbocycles. The number of halogens is 2. The SMILES string of the molecule is CCCCCCC(CCCCCC)[C@@H](C)C(F)F. The topological polar surface area (TPSA) is 0 Å². The Hall–Kier alpha value is -0.140. The Morgan fingerprint density at radius 3 is 1.50 bits per heavy atom. The van der Waals surface area contributed by atoms with Gasteiger partial charge in [-0.2, -0.15) is 0 Å². The molecule has 0 aliphatic heterocycles. The molecule has 0 radical (unpaired) electrons. The van der Waals surface area contributed by atoms with Gasteiger partial charge in [-0.25, -0.2) is 8.78 Å². The maximum Gasteiger partial charge on any atom is 0.241 e. The second-order valence-electron chi connectivity index (χ2n) is 5.65. The van der Waals surface area contributed by atoms with Crippen molar-refractivity contribution in [3.63, 3.8) is 0 Å². The summed E-state index contributed by atoms with van der Waals surface area (Å²) < 4.78 is 25.7. The summed E-state index contributed by atoms with van der Waals surface area (Å²) in [4.78, 5) is 0. The fraction of sp³-hybridized carbons (Fsp3) is 1.00. The van der Waals surface area contributed by atoms with Crippen LogP contribution < -0.4 is 0 Å². The van der Waals surface area contributed by atoms with E-state index in [1.54, 1.807) is 6.92 Å². The molecule has 18 heavy (non-hydrogen) atoms. The van der Waals surface area contributed by atoms with Crippen LogP contribution in [0.2, 0.25) is 0 Å². The fourth-order valence-corrected chi connectivity index (χ4v) is 2.54. The van der Waals surface area contributed by atoms with Crippen molar-refractivity contribution in [1.82, 2.24) is 0 Å². The van der Waals surface area contributed by atoms with E-state index in [1.807, 2.05) is 0 Å². The first-order valence-corrected chi connectivity index (χ1v) is 7.91. The highest BCUT2D eigenvalue weighted by Gasteiger charge is 2.24. The summed E-state index contributed by atoms with van der Waals surface area (Å²) in [6, 6.07) is 0. The van der Waals surface area contributed by atoms with Crippen LogP contribution in [0.1, 0.15) is 85.0 Å². The molecule has 0 fully saturated rings. The Morgan fingerprint density at radius 2 is 1.17 bits per heavy atom. The first-order valence-electron chi connectivity index (χ1n) is 7.91. The second-order valence-corrected chi connectivity index (χ2v) is 5.65. The first kappa shape index (κ1) is 17.9. The molecule has 0 saturated heterocycles. The standard InChI is InChI=1S/C16H32F2/c1-4-6-8-10-12-15(14(3)16(17)18)13-11-9-7-5-2/h14-16H,4-13H2,1-3H3/t14-/m1/s1. The van der Waals surface area contributed by atoms with Crippen molar-refractivity contribution in [3.8, 4) is 0 Å². The van der Waals surface area contributed by atoms with E-state index in [0.717, 1.165) is 25.7 Å². The maximum absolute atomic E-state index is 12.8. The Labute approximate surface area is 113 Å². The van der Waals surface area contributed by atoms with Crippen LogP contribution in [0.25, 0.3) is 0 Å². The van der Waals surface area contributed by atoms with Gasteiger partial charge in [0.1, 0.15) is 0 Å². The lowest BCUT2D eigenvalue weighted by atomic mass is 9.85. The molecule has 0 aromatic carbocycles. The smallest absolute Gasteiger partial charge is 0.210 e. The lowest BCUT2D eigenvalue weighted by Gasteiger charge is -2.23. The van der Waals surface area contributed by atoms with Crippen LogP contribution in [0.15, 0.2) is 0 Å². The van der Waals surface area contributed by atoms with Gasteiger partial charge >= 0.3 is 0 Å². The van der Waals surface area contributed by atoms with Gasteiger partial charge in [-0.15, -0.1) is 0 Å². The highest BCUT2D eigenvalue weighted by molar-refractivity contribution is 4.69. The van der Waals surface area contributed by atoms with Crippen LogP contribution in [0, 0.1) is 11.8 Å². The molecular formula is C16H32F2. The van der Waals surface area contributed by atoms with Crippen LogP contribution >= 0.6 is 0 Å². The van der Waals surface area contributed by atoms with Crippen molar-refractivity contribution in [1.29, 1.82) is 0 Å². The van der Waals surface area contributed by atoms with E-state index in [4.69, 9.17) is 0 Å². The normalized spacial score (nSPS) is 13.5. The van der Waals surface area contributed by atoms with Gasteiger partial charge in [0.25, 0.3) is 0 Å². The molecule has 0 bridgehead atoms. The third-order valence-electron chi connectivity index (χ3n) is 4.00. The third-order valence-corrected chi connectivity index (χ3v) is 4.00. The predicted octanol–water partition coefficient (Wildman–Crippen LogP) is 6.44. The molecule has 0 amide bonds. The molecule has 110 valence electrons. The molecule has 0 nitrogen and oxygen atoms in total. The quantitative estimate of drug-likeness (QED) is 0.355. The zero-order valence-electron chi connectivity index (χ0n) is 12.6. The maximum atomic E-state index is 12.8. The van der Waals surface area contributed by atoms with Gasteiger partial charge in [0.05, 0.1) is 0 Å². The van der Waals surface area contributed by atoms with Gasteiger partial charge in [0.15, 0.2) is 0 Å². The largest absolute Gasteiger partial charge is 0.241 e.